The Morgan fingerprint density at radius 1 is 0.440 bits per heavy atom. The van der Waals surface area contributed by atoms with E-state index in [0.29, 0.717) is 16.7 Å². The van der Waals surface area contributed by atoms with Crippen LogP contribution < -0.4 is 0 Å². The molecule has 230 valence electrons. The van der Waals surface area contributed by atoms with Crippen LogP contribution in [0, 0.1) is 34.0 Å². The normalized spacial score (nSPS) is 11.1. The van der Waals surface area contributed by atoms with Gasteiger partial charge in [-0.3, -0.25) is 0 Å². The van der Waals surface area contributed by atoms with Crippen molar-refractivity contribution in [2.75, 3.05) is 0 Å². The molecule has 3 aromatic heterocycles. The second kappa shape index (κ2) is 11.4. The summed E-state index contributed by atoms with van der Waals surface area (Å²) in [5.74, 6) is 0. The Labute approximate surface area is 286 Å². The van der Waals surface area contributed by atoms with Gasteiger partial charge < -0.3 is 8.98 Å². The summed E-state index contributed by atoms with van der Waals surface area (Å²) in [7, 11) is 0. The third kappa shape index (κ3) is 4.67. The molecule has 6 heteroatoms. The molecule has 9 aromatic rings. The average Bonchev–Trinajstić information content (AvgIpc) is 3.72. The molecular formula is C44H23N5O. The van der Waals surface area contributed by atoms with Gasteiger partial charge in [-0.05, 0) is 108 Å². The molecule has 6 aromatic carbocycles. The summed E-state index contributed by atoms with van der Waals surface area (Å²) in [6.07, 6.45) is 0. The van der Waals surface area contributed by atoms with E-state index in [-0.39, 0.29) is 0 Å². The summed E-state index contributed by atoms with van der Waals surface area (Å²) >= 11 is 0. The molecule has 0 N–H and O–H groups in total. The minimum atomic E-state index is 0.554. The fourth-order valence-electron chi connectivity index (χ4n) is 6.87. The standard InChI is InChI=1S/C44H23N5O/c45-24-27-8-12-30(13-9-27)39-5-3-6-40(48-39)33-20-32(31-14-17-44-38(23-31)35-4-1-2-7-43(35)50-44)21-34(22-33)49-41-15-10-28(25-46)18-36(41)37-19-29(26-47)11-16-42(37)49/h1-23H. The van der Waals surface area contributed by atoms with Gasteiger partial charge in [0.05, 0.1) is 57.3 Å². The van der Waals surface area contributed by atoms with Crippen LogP contribution in [0.15, 0.2) is 144 Å². The first-order valence-corrected chi connectivity index (χ1v) is 16.0. The number of aromatic nitrogens is 2. The van der Waals surface area contributed by atoms with Gasteiger partial charge in [-0.25, -0.2) is 4.98 Å². The predicted molar refractivity (Wildman–Crippen MR) is 196 cm³/mol. The molecule has 0 saturated heterocycles. The van der Waals surface area contributed by atoms with Crippen molar-refractivity contribution >= 4 is 43.7 Å². The molecule has 0 aliphatic carbocycles. The summed E-state index contributed by atoms with van der Waals surface area (Å²) in [5.41, 5.74) is 11.6. The predicted octanol–water partition coefficient (Wildman–Crippen LogP) is 10.7. The summed E-state index contributed by atoms with van der Waals surface area (Å²) in [6, 6.07) is 52.3. The Morgan fingerprint density at radius 2 is 1.04 bits per heavy atom. The highest BCUT2D eigenvalue weighted by Crippen LogP contribution is 2.38. The van der Waals surface area contributed by atoms with E-state index < -0.39 is 0 Å². The van der Waals surface area contributed by atoms with E-state index >= 15 is 0 Å². The molecule has 0 spiro atoms. The summed E-state index contributed by atoms with van der Waals surface area (Å²) < 4.78 is 8.34. The first-order valence-electron chi connectivity index (χ1n) is 16.0. The lowest BCUT2D eigenvalue weighted by Gasteiger charge is -2.14. The van der Waals surface area contributed by atoms with E-state index in [0.717, 1.165) is 83.1 Å². The maximum Gasteiger partial charge on any atom is 0.135 e. The first-order chi connectivity index (χ1) is 24.6. The van der Waals surface area contributed by atoms with Crippen molar-refractivity contribution in [3.63, 3.8) is 0 Å². The van der Waals surface area contributed by atoms with Crippen molar-refractivity contribution in [1.82, 2.24) is 9.55 Å². The highest BCUT2D eigenvalue weighted by molar-refractivity contribution is 6.10. The van der Waals surface area contributed by atoms with Crippen LogP contribution in [0.2, 0.25) is 0 Å². The topological polar surface area (TPSA) is 102 Å². The smallest absolute Gasteiger partial charge is 0.135 e. The van der Waals surface area contributed by atoms with Gasteiger partial charge in [-0.1, -0.05) is 42.5 Å². The molecule has 0 saturated carbocycles. The summed E-state index contributed by atoms with van der Waals surface area (Å²) in [5, 5.41) is 32.7. The third-order valence-corrected chi connectivity index (χ3v) is 9.26. The first kappa shape index (κ1) is 28.7. The van der Waals surface area contributed by atoms with Gasteiger partial charge in [0.15, 0.2) is 0 Å². The van der Waals surface area contributed by atoms with E-state index in [1.807, 2.05) is 91.0 Å². The summed E-state index contributed by atoms with van der Waals surface area (Å²) in [6.45, 7) is 0. The molecule has 0 radical (unpaired) electrons. The Morgan fingerprint density at radius 3 is 1.74 bits per heavy atom. The van der Waals surface area contributed by atoms with E-state index in [2.05, 4.69) is 59.2 Å². The van der Waals surface area contributed by atoms with Gasteiger partial charge in [0, 0.05) is 38.4 Å². The number of rotatable bonds is 4. The number of fused-ring (bicyclic) bond motifs is 6. The number of benzene rings is 6. The Bertz CT molecular complexity index is 2890. The molecule has 0 atom stereocenters. The SMILES string of the molecule is N#Cc1ccc(-c2cccc(-c3cc(-c4ccc5oc6ccccc6c5c4)cc(-n4c5ccc(C#N)cc5c5cc(C#N)ccc54)c3)n2)cc1. The van der Waals surface area contributed by atoms with Crippen LogP contribution in [0.1, 0.15) is 16.7 Å². The van der Waals surface area contributed by atoms with Gasteiger partial charge in [-0.2, -0.15) is 15.8 Å². The van der Waals surface area contributed by atoms with Crippen LogP contribution in [0.5, 0.6) is 0 Å². The largest absolute Gasteiger partial charge is 0.456 e. The van der Waals surface area contributed by atoms with Crippen molar-refractivity contribution < 1.29 is 4.42 Å². The zero-order valence-electron chi connectivity index (χ0n) is 26.4. The average molecular weight is 638 g/mol. The fraction of sp³-hybridized carbons (Fsp3) is 0. The van der Waals surface area contributed by atoms with E-state index in [1.54, 1.807) is 12.1 Å². The maximum absolute atomic E-state index is 9.74. The van der Waals surface area contributed by atoms with Crippen LogP contribution in [-0.2, 0) is 0 Å². The molecule has 0 amide bonds. The lowest BCUT2D eigenvalue weighted by atomic mass is 9.98. The molecule has 50 heavy (non-hydrogen) atoms. The van der Waals surface area contributed by atoms with Crippen molar-refractivity contribution in [2.24, 2.45) is 0 Å². The second-order valence-corrected chi connectivity index (χ2v) is 12.2. The molecule has 3 heterocycles. The number of pyridine rings is 1. The van der Waals surface area contributed by atoms with Crippen LogP contribution in [0.3, 0.4) is 0 Å². The number of nitriles is 3. The lowest BCUT2D eigenvalue weighted by Crippen LogP contribution is -1.97. The Balaban J connectivity index is 1.31. The molecule has 0 aliphatic rings. The molecule has 9 rings (SSSR count). The van der Waals surface area contributed by atoms with Gasteiger partial charge >= 0.3 is 0 Å². The second-order valence-electron chi connectivity index (χ2n) is 12.2. The van der Waals surface area contributed by atoms with Gasteiger partial charge in [0.1, 0.15) is 11.2 Å². The number of nitrogens with zero attached hydrogens (tertiary/aromatic N) is 5. The molecule has 0 bridgehead atoms. The van der Waals surface area contributed by atoms with E-state index in [9.17, 15) is 15.8 Å². The fourth-order valence-corrected chi connectivity index (χ4v) is 6.87. The van der Waals surface area contributed by atoms with Gasteiger partial charge in [0.2, 0.25) is 0 Å². The molecule has 0 unspecified atom stereocenters. The highest BCUT2D eigenvalue weighted by atomic mass is 16.3. The lowest BCUT2D eigenvalue weighted by molar-refractivity contribution is 0.669. The number of para-hydroxylation sites is 1. The maximum atomic E-state index is 9.74. The van der Waals surface area contributed by atoms with Crippen LogP contribution in [-0.4, -0.2) is 9.55 Å². The Hall–Kier alpha value is -7.46. The van der Waals surface area contributed by atoms with Crippen LogP contribution >= 0.6 is 0 Å². The van der Waals surface area contributed by atoms with Crippen molar-refractivity contribution in [3.8, 4) is 57.5 Å². The minimum Gasteiger partial charge on any atom is -0.456 e. The molecular weight excluding hydrogens is 615 g/mol. The van der Waals surface area contributed by atoms with Gasteiger partial charge in [0.25, 0.3) is 0 Å². The number of hydrogen-bond donors (Lipinski definition) is 0. The monoisotopic (exact) mass is 637 g/mol. The van der Waals surface area contributed by atoms with Crippen molar-refractivity contribution in [2.45, 2.75) is 0 Å². The molecule has 6 nitrogen and oxygen atoms in total. The van der Waals surface area contributed by atoms with Crippen LogP contribution in [0.25, 0.3) is 83.1 Å². The Kier molecular flexibility index (Phi) is 6.53. The minimum absolute atomic E-state index is 0.554. The van der Waals surface area contributed by atoms with Crippen LogP contribution in [0.4, 0.5) is 0 Å². The molecule has 0 aliphatic heterocycles. The number of hydrogen-bond acceptors (Lipinski definition) is 5. The quantitative estimate of drug-likeness (QED) is 0.191. The summed E-state index contributed by atoms with van der Waals surface area (Å²) in [4.78, 5) is 5.10. The zero-order valence-corrected chi connectivity index (χ0v) is 26.4. The van der Waals surface area contributed by atoms with Gasteiger partial charge in [-0.15, -0.1) is 0 Å². The van der Waals surface area contributed by atoms with E-state index in [1.165, 1.54) is 0 Å². The zero-order chi connectivity index (χ0) is 33.8. The van der Waals surface area contributed by atoms with E-state index in [4.69, 9.17) is 9.40 Å². The van der Waals surface area contributed by atoms with Crippen molar-refractivity contribution in [3.05, 3.63) is 156 Å². The van der Waals surface area contributed by atoms with Crippen molar-refractivity contribution in [1.29, 1.82) is 15.8 Å². The third-order valence-electron chi connectivity index (χ3n) is 9.26. The molecule has 0 fully saturated rings. The number of furan rings is 1. The highest BCUT2D eigenvalue weighted by Gasteiger charge is 2.17.